The Labute approximate surface area is 107 Å². The minimum Gasteiger partial charge on any atom is -0.480 e. The fraction of sp³-hybridized carbons (Fsp3) is 0.667. The molecule has 1 aromatic rings. The molecule has 0 aliphatic rings. The van der Waals surface area contributed by atoms with Gasteiger partial charge >= 0.3 is 0 Å². The van der Waals surface area contributed by atoms with Gasteiger partial charge in [-0.25, -0.2) is 4.98 Å². The highest BCUT2D eigenvalue weighted by Crippen LogP contribution is 2.24. The van der Waals surface area contributed by atoms with Crippen molar-refractivity contribution in [2.45, 2.75) is 32.5 Å². The lowest BCUT2D eigenvalue weighted by molar-refractivity contribution is -0.0513. The molecule has 18 heavy (non-hydrogen) atoms. The lowest BCUT2D eigenvalue weighted by Crippen LogP contribution is -2.23. The lowest BCUT2D eigenvalue weighted by Gasteiger charge is -2.22. The number of ether oxygens (including phenoxy) is 3. The van der Waals surface area contributed by atoms with Gasteiger partial charge in [0.05, 0.1) is 32.6 Å². The second-order valence-electron chi connectivity index (χ2n) is 4.75. The van der Waals surface area contributed by atoms with Crippen LogP contribution in [0.5, 0.6) is 11.8 Å². The standard InChI is InChI=1S/C12H20N2O4/c1-12(2,3)18-7-8(15)10-11(17-5)14-9(16-4)6-13-10/h6,8,15H,7H2,1-5H3. The molecule has 1 unspecified atom stereocenters. The summed E-state index contributed by atoms with van der Waals surface area (Å²) in [6, 6.07) is 0. The van der Waals surface area contributed by atoms with Gasteiger partial charge in [-0.05, 0) is 20.8 Å². The van der Waals surface area contributed by atoms with Crippen molar-refractivity contribution < 1.29 is 19.3 Å². The molecule has 1 heterocycles. The quantitative estimate of drug-likeness (QED) is 0.857. The Morgan fingerprint density at radius 3 is 2.44 bits per heavy atom. The molecule has 0 aliphatic heterocycles. The maximum atomic E-state index is 10.0. The van der Waals surface area contributed by atoms with Gasteiger partial charge in [0.1, 0.15) is 11.8 Å². The van der Waals surface area contributed by atoms with E-state index in [-0.39, 0.29) is 18.1 Å². The molecule has 0 saturated carbocycles. The maximum absolute atomic E-state index is 10.0. The molecule has 0 aliphatic carbocycles. The van der Waals surface area contributed by atoms with Gasteiger partial charge in [-0.2, -0.15) is 4.98 Å². The molecule has 6 nitrogen and oxygen atoms in total. The van der Waals surface area contributed by atoms with Gasteiger partial charge < -0.3 is 19.3 Å². The van der Waals surface area contributed by atoms with E-state index in [2.05, 4.69) is 9.97 Å². The summed E-state index contributed by atoms with van der Waals surface area (Å²) in [6.07, 6.45) is 0.538. The van der Waals surface area contributed by atoms with E-state index >= 15 is 0 Å². The summed E-state index contributed by atoms with van der Waals surface area (Å²) in [6.45, 7) is 5.87. The Morgan fingerprint density at radius 2 is 1.94 bits per heavy atom. The van der Waals surface area contributed by atoms with Gasteiger partial charge in [0.2, 0.25) is 11.8 Å². The first-order chi connectivity index (χ1) is 8.37. The third kappa shape index (κ3) is 4.12. The topological polar surface area (TPSA) is 73.7 Å². The van der Waals surface area contributed by atoms with E-state index in [1.165, 1.54) is 20.4 Å². The van der Waals surface area contributed by atoms with Gasteiger partial charge in [0.25, 0.3) is 0 Å². The zero-order valence-corrected chi connectivity index (χ0v) is 11.4. The van der Waals surface area contributed by atoms with Gasteiger partial charge in [-0.1, -0.05) is 0 Å². The average molecular weight is 256 g/mol. The molecule has 102 valence electrons. The number of rotatable bonds is 5. The third-order valence-electron chi connectivity index (χ3n) is 2.14. The summed E-state index contributed by atoms with van der Waals surface area (Å²) >= 11 is 0. The molecular formula is C12H20N2O4. The number of hydrogen-bond donors (Lipinski definition) is 1. The second kappa shape index (κ2) is 5.97. The highest BCUT2D eigenvalue weighted by molar-refractivity contribution is 5.24. The first-order valence-corrected chi connectivity index (χ1v) is 5.64. The summed E-state index contributed by atoms with van der Waals surface area (Å²) < 4.78 is 15.5. The van der Waals surface area contributed by atoms with Crippen LogP contribution in [0.4, 0.5) is 0 Å². The van der Waals surface area contributed by atoms with E-state index in [1.807, 2.05) is 20.8 Å². The molecule has 0 fully saturated rings. The monoisotopic (exact) mass is 256 g/mol. The van der Waals surface area contributed by atoms with Crippen molar-refractivity contribution >= 4 is 0 Å². The minimum absolute atomic E-state index is 0.126. The van der Waals surface area contributed by atoms with Crippen LogP contribution in [0.1, 0.15) is 32.6 Å². The molecule has 1 aromatic heterocycles. The number of aliphatic hydroxyl groups excluding tert-OH is 1. The molecule has 6 heteroatoms. The van der Waals surface area contributed by atoms with E-state index in [9.17, 15) is 5.11 Å². The zero-order chi connectivity index (χ0) is 13.8. The van der Waals surface area contributed by atoms with Crippen LogP contribution < -0.4 is 9.47 Å². The zero-order valence-electron chi connectivity index (χ0n) is 11.4. The predicted octanol–water partition coefficient (Wildman–Crippen LogP) is 1.34. The first kappa shape index (κ1) is 14.7. The molecular weight excluding hydrogens is 236 g/mol. The van der Waals surface area contributed by atoms with Crippen molar-refractivity contribution in [3.05, 3.63) is 11.9 Å². The summed E-state index contributed by atoms with van der Waals surface area (Å²) in [5.41, 5.74) is 0.0104. The molecule has 0 saturated heterocycles. The van der Waals surface area contributed by atoms with E-state index < -0.39 is 6.10 Å². The molecule has 0 bridgehead atoms. The van der Waals surface area contributed by atoms with E-state index in [1.54, 1.807) is 0 Å². The van der Waals surface area contributed by atoms with Crippen molar-refractivity contribution in [3.8, 4) is 11.8 Å². The normalized spacial score (nSPS) is 13.2. The van der Waals surface area contributed by atoms with Crippen molar-refractivity contribution in [1.82, 2.24) is 9.97 Å². The number of aliphatic hydroxyl groups is 1. The summed E-state index contributed by atoms with van der Waals surface area (Å²) in [4.78, 5) is 8.13. The number of aromatic nitrogens is 2. The van der Waals surface area contributed by atoms with Crippen molar-refractivity contribution in [1.29, 1.82) is 0 Å². The predicted molar refractivity (Wildman–Crippen MR) is 65.8 cm³/mol. The molecule has 0 spiro atoms. The number of hydrogen-bond acceptors (Lipinski definition) is 6. The lowest BCUT2D eigenvalue weighted by atomic mass is 10.2. The molecule has 0 aromatic carbocycles. The SMILES string of the molecule is COc1cnc(C(O)COC(C)(C)C)c(OC)n1. The highest BCUT2D eigenvalue weighted by atomic mass is 16.5. The Kier molecular flexibility index (Phi) is 4.86. The Hall–Kier alpha value is -1.40. The highest BCUT2D eigenvalue weighted by Gasteiger charge is 2.20. The van der Waals surface area contributed by atoms with E-state index in [0.717, 1.165) is 0 Å². The van der Waals surface area contributed by atoms with Gasteiger partial charge in [0, 0.05) is 0 Å². The molecule has 1 atom stereocenters. The third-order valence-corrected chi connectivity index (χ3v) is 2.14. The average Bonchev–Trinajstić information content (AvgIpc) is 2.34. The van der Waals surface area contributed by atoms with Gasteiger partial charge in [0.15, 0.2) is 0 Å². The van der Waals surface area contributed by atoms with E-state index in [0.29, 0.717) is 11.6 Å². The van der Waals surface area contributed by atoms with Crippen LogP contribution in [0.25, 0.3) is 0 Å². The minimum atomic E-state index is -0.891. The van der Waals surface area contributed by atoms with Crippen LogP contribution in [-0.4, -0.2) is 41.5 Å². The smallest absolute Gasteiger partial charge is 0.241 e. The Balaban J connectivity index is 2.81. The summed E-state index contributed by atoms with van der Waals surface area (Å²) in [7, 11) is 2.95. The largest absolute Gasteiger partial charge is 0.480 e. The van der Waals surface area contributed by atoms with Crippen LogP contribution >= 0.6 is 0 Å². The molecule has 1 N–H and O–H groups in total. The van der Waals surface area contributed by atoms with Gasteiger partial charge in [-0.15, -0.1) is 0 Å². The van der Waals surface area contributed by atoms with Crippen LogP contribution in [0, 0.1) is 0 Å². The summed E-state index contributed by atoms with van der Waals surface area (Å²) in [5, 5.41) is 10.0. The molecule has 0 radical (unpaired) electrons. The van der Waals surface area contributed by atoms with Crippen LogP contribution in [0.15, 0.2) is 6.20 Å². The Morgan fingerprint density at radius 1 is 1.28 bits per heavy atom. The summed E-state index contributed by atoms with van der Waals surface area (Å²) in [5.74, 6) is 0.568. The molecule has 1 rings (SSSR count). The van der Waals surface area contributed by atoms with Crippen LogP contribution in [0.2, 0.25) is 0 Å². The fourth-order valence-electron chi connectivity index (χ4n) is 1.25. The van der Waals surface area contributed by atoms with Crippen molar-refractivity contribution in [2.75, 3.05) is 20.8 Å². The van der Waals surface area contributed by atoms with Gasteiger partial charge in [-0.3, -0.25) is 0 Å². The number of nitrogens with zero attached hydrogens (tertiary/aromatic N) is 2. The maximum Gasteiger partial charge on any atom is 0.241 e. The van der Waals surface area contributed by atoms with Crippen molar-refractivity contribution in [3.63, 3.8) is 0 Å². The Bertz CT molecular complexity index is 390. The first-order valence-electron chi connectivity index (χ1n) is 5.64. The van der Waals surface area contributed by atoms with Crippen molar-refractivity contribution in [2.24, 2.45) is 0 Å². The second-order valence-corrected chi connectivity index (χ2v) is 4.75. The molecule has 0 amide bonds. The van der Waals surface area contributed by atoms with Crippen LogP contribution in [0.3, 0.4) is 0 Å². The van der Waals surface area contributed by atoms with Crippen LogP contribution in [-0.2, 0) is 4.74 Å². The van der Waals surface area contributed by atoms with E-state index in [4.69, 9.17) is 14.2 Å². The fourth-order valence-corrected chi connectivity index (χ4v) is 1.25. The number of methoxy groups -OCH3 is 2.